The maximum atomic E-state index is 12.5. The highest BCUT2D eigenvalue weighted by molar-refractivity contribution is 5.97. The number of nitrogens with one attached hydrogen (secondary N) is 1. The SMILES string of the molecule is CN(C)Cc1cn(-c2ccccc2C(=O)NCc2ccco2)cn1. The molecule has 1 N–H and O–H groups in total. The Morgan fingerprint density at radius 1 is 1.25 bits per heavy atom. The van der Waals surface area contributed by atoms with Crippen LogP contribution in [0.2, 0.25) is 0 Å². The van der Waals surface area contributed by atoms with Gasteiger partial charge in [-0.25, -0.2) is 4.98 Å². The van der Waals surface area contributed by atoms with Gasteiger partial charge in [0.2, 0.25) is 0 Å². The number of aromatic nitrogens is 2. The summed E-state index contributed by atoms with van der Waals surface area (Å²) in [5.41, 5.74) is 2.34. The molecule has 6 heteroatoms. The fourth-order valence-corrected chi connectivity index (χ4v) is 2.47. The third-order valence-corrected chi connectivity index (χ3v) is 3.54. The van der Waals surface area contributed by atoms with Gasteiger partial charge in [-0.15, -0.1) is 0 Å². The minimum Gasteiger partial charge on any atom is -0.467 e. The number of carbonyl (C=O) groups excluding carboxylic acids is 1. The maximum Gasteiger partial charge on any atom is 0.253 e. The molecule has 1 aromatic carbocycles. The molecule has 0 saturated carbocycles. The highest BCUT2D eigenvalue weighted by Crippen LogP contribution is 2.16. The molecule has 0 atom stereocenters. The summed E-state index contributed by atoms with van der Waals surface area (Å²) in [6, 6.07) is 11.1. The number of hydrogen-bond donors (Lipinski definition) is 1. The lowest BCUT2D eigenvalue weighted by Crippen LogP contribution is -2.23. The van der Waals surface area contributed by atoms with Gasteiger partial charge < -0.3 is 19.2 Å². The van der Waals surface area contributed by atoms with E-state index >= 15 is 0 Å². The van der Waals surface area contributed by atoms with Gasteiger partial charge in [0.25, 0.3) is 5.91 Å². The van der Waals surface area contributed by atoms with Crippen LogP contribution in [0.25, 0.3) is 5.69 Å². The molecule has 3 rings (SSSR count). The van der Waals surface area contributed by atoms with E-state index in [1.54, 1.807) is 24.7 Å². The van der Waals surface area contributed by atoms with E-state index in [2.05, 4.69) is 15.2 Å². The molecular formula is C18H20N4O2. The molecule has 0 aliphatic carbocycles. The largest absolute Gasteiger partial charge is 0.467 e. The number of rotatable bonds is 6. The average Bonchev–Trinajstić information content (AvgIpc) is 3.24. The highest BCUT2D eigenvalue weighted by Gasteiger charge is 2.13. The molecule has 0 unspecified atom stereocenters. The Balaban J connectivity index is 1.79. The van der Waals surface area contributed by atoms with Crippen LogP contribution in [0.5, 0.6) is 0 Å². The van der Waals surface area contributed by atoms with E-state index in [1.165, 1.54) is 0 Å². The van der Waals surface area contributed by atoms with Gasteiger partial charge in [0.1, 0.15) is 5.76 Å². The first kappa shape index (κ1) is 16.0. The second-order valence-electron chi connectivity index (χ2n) is 5.79. The van der Waals surface area contributed by atoms with Crippen molar-refractivity contribution in [3.8, 4) is 5.69 Å². The molecule has 2 heterocycles. The van der Waals surface area contributed by atoms with Crippen LogP contribution in [0.15, 0.2) is 59.6 Å². The Morgan fingerprint density at radius 3 is 2.83 bits per heavy atom. The molecule has 0 radical (unpaired) electrons. The Hall–Kier alpha value is -2.86. The van der Waals surface area contributed by atoms with Crippen LogP contribution in [0, 0.1) is 0 Å². The third kappa shape index (κ3) is 3.72. The van der Waals surface area contributed by atoms with Crippen LogP contribution in [-0.2, 0) is 13.1 Å². The van der Waals surface area contributed by atoms with Gasteiger partial charge in [-0.1, -0.05) is 12.1 Å². The van der Waals surface area contributed by atoms with Crippen molar-refractivity contribution in [3.63, 3.8) is 0 Å². The zero-order chi connectivity index (χ0) is 16.9. The summed E-state index contributed by atoms with van der Waals surface area (Å²) < 4.78 is 7.12. The van der Waals surface area contributed by atoms with E-state index in [-0.39, 0.29) is 5.91 Å². The van der Waals surface area contributed by atoms with Gasteiger partial charge in [-0.3, -0.25) is 4.79 Å². The van der Waals surface area contributed by atoms with Crippen molar-refractivity contribution in [1.82, 2.24) is 19.8 Å². The first-order valence-electron chi connectivity index (χ1n) is 7.71. The molecule has 3 aromatic rings. The van der Waals surface area contributed by atoms with Gasteiger partial charge in [-0.2, -0.15) is 0 Å². The van der Waals surface area contributed by atoms with Crippen LogP contribution >= 0.6 is 0 Å². The second kappa shape index (κ2) is 7.14. The van der Waals surface area contributed by atoms with Crippen LogP contribution in [-0.4, -0.2) is 34.5 Å². The van der Waals surface area contributed by atoms with Crippen molar-refractivity contribution in [3.05, 3.63) is 72.2 Å². The van der Waals surface area contributed by atoms with Crippen molar-refractivity contribution in [1.29, 1.82) is 0 Å². The summed E-state index contributed by atoms with van der Waals surface area (Å²) in [5, 5.41) is 2.88. The lowest BCUT2D eigenvalue weighted by molar-refractivity contribution is 0.0948. The molecule has 124 valence electrons. The summed E-state index contributed by atoms with van der Waals surface area (Å²) in [5.74, 6) is 0.571. The van der Waals surface area contributed by atoms with E-state index in [0.717, 1.165) is 23.7 Å². The smallest absolute Gasteiger partial charge is 0.253 e. The van der Waals surface area contributed by atoms with E-state index in [4.69, 9.17) is 4.42 Å². The maximum absolute atomic E-state index is 12.5. The van der Waals surface area contributed by atoms with Crippen molar-refractivity contribution >= 4 is 5.91 Å². The van der Waals surface area contributed by atoms with Gasteiger partial charge in [0.15, 0.2) is 0 Å². The number of carbonyl (C=O) groups is 1. The molecular weight excluding hydrogens is 304 g/mol. The van der Waals surface area contributed by atoms with Crippen LogP contribution in [0.4, 0.5) is 0 Å². The Kier molecular flexibility index (Phi) is 4.77. The van der Waals surface area contributed by atoms with Crippen molar-refractivity contribution < 1.29 is 9.21 Å². The minimum atomic E-state index is -0.148. The van der Waals surface area contributed by atoms with E-state index in [9.17, 15) is 4.79 Å². The molecule has 0 bridgehead atoms. The molecule has 24 heavy (non-hydrogen) atoms. The summed E-state index contributed by atoms with van der Waals surface area (Å²) >= 11 is 0. The zero-order valence-corrected chi connectivity index (χ0v) is 13.8. The average molecular weight is 324 g/mol. The summed E-state index contributed by atoms with van der Waals surface area (Å²) in [6.07, 6.45) is 5.27. The molecule has 0 saturated heterocycles. The predicted molar refractivity (Wildman–Crippen MR) is 90.8 cm³/mol. The molecule has 6 nitrogen and oxygen atoms in total. The van der Waals surface area contributed by atoms with Gasteiger partial charge in [-0.05, 0) is 38.4 Å². The summed E-state index contributed by atoms with van der Waals surface area (Å²) in [4.78, 5) is 19.0. The third-order valence-electron chi connectivity index (χ3n) is 3.54. The first-order valence-corrected chi connectivity index (χ1v) is 7.71. The number of hydrogen-bond acceptors (Lipinski definition) is 4. The Bertz CT molecular complexity index is 806. The number of amides is 1. The summed E-state index contributed by atoms with van der Waals surface area (Å²) in [7, 11) is 3.99. The molecule has 2 aromatic heterocycles. The van der Waals surface area contributed by atoms with Crippen LogP contribution in [0.3, 0.4) is 0 Å². The number of imidazole rings is 1. The lowest BCUT2D eigenvalue weighted by atomic mass is 10.1. The predicted octanol–water partition coefficient (Wildman–Crippen LogP) is 2.46. The highest BCUT2D eigenvalue weighted by atomic mass is 16.3. The molecule has 0 fully saturated rings. The minimum absolute atomic E-state index is 0.148. The van der Waals surface area contributed by atoms with Crippen LogP contribution < -0.4 is 5.32 Å². The Labute approximate surface area is 140 Å². The number of nitrogens with zero attached hydrogens (tertiary/aromatic N) is 3. The monoisotopic (exact) mass is 324 g/mol. The number of benzene rings is 1. The first-order chi connectivity index (χ1) is 11.6. The second-order valence-corrected chi connectivity index (χ2v) is 5.79. The lowest BCUT2D eigenvalue weighted by Gasteiger charge is -2.10. The van der Waals surface area contributed by atoms with Gasteiger partial charge in [0, 0.05) is 12.7 Å². The topological polar surface area (TPSA) is 63.3 Å². The molecule has 0 spiro atoms. The van der Waals surface area contributed by atoms with Gasteiger partial charge in [0.05, 0.1) is 36.1 Å². The fraction of sp³-hybridized carbons (Fsp3) is 0.222. The number of para-hydroxylation sites is 1. The quantitative estimate of drug-likeness (QED) is 0.756. The van der Waals surface area contributed by atoms with Crippen LogP contribution in [0.1, 0.15) is 21.8 Å². The number of furan rings is 1. The molecule has 0 aliphatic rings. The Morgan fingerprint density at radius 2 is 2.08 bits per heavy atom. The molecule has 0 aliphatic heterocycles. The van der Waals surface area contributed by atoms with Crippen molar-refractivity contribution in [2.45, 2.75) is 13.1 Å². The van der Waals surface area contributed by atoms with Crippen molar-refractivity contribution in [2.75, 3.05) is 14.1 Å². The molecule has 1 amide bonds. The van der Waals surface area contributed by atoms with E-state index in [1.807, 2.05) is 49.1 Å². The van der Waals surface area contributed by atoms with Crippen molar-refractivity contribution in [2.24, 2.45) is 0 Å². The zero-order valence-electron chi connectivity index (χ0n) is 13.8. The van der Waals surface area contributed by atoms with E-state index < -0.39 is 0 Å². The fourth-order valence-electron chi connectivity index (χ4n) is 2.47. The standard InChI is InChI=1S/C18H20N4O2/c1-21(2)11-14-12-22(13-20-14)17-8-4-3-7-16(17)18(23)19-10-15-6-5-9-24-15/h3-9,12-13H,10-11H2,1-2H3,(H,19,23). The summed E-state index contributed by atoms with van der Waals surface area (Å²) in [6.45, 7) is 1.11. The van der Waals surface area contributed by atoms with E-state index in [0.29, 0.717) is 12.1 Å². The van der Waals surface area contributed by atoms with Gasteiger partial charge >= 0.3 is 0 Å². The normalized spacial score (nSPS) is 11.0.